The van der Waals surface area contributed by atoms with Crippen LogP contribution in [0.3, 0.4) is 0 Å². The predicted octanol–water partition coefficient (Wildman–Crippen LogP) is 11.0. The topological polar surface area (TPSA) is 77.6 Å². The summed E-state index contributed by atoms with van der Waals surface area (Å²) in [6, 6.07) is 47.1. The van der Waals surface area contributed by atoms with Crippen LogP contribution in [0.5, 0.6) is 5.75 Å². The Bertz CT molecular complexity index is 2580. The molecule has 5 heterocycles. The summed E-state index contributed by atoms with van der Waals surface area (Å²) in [5.74, 6) is 0.139. The molecule has 3 aromatic heterocycles. The molecule has 5 nitrogen and oxygen atoms in total. The highest BCUT2D eigenvalue weighted by Gasteiger charge is 2.20. The first-order valence-electron chi connectivity index (χ1n) is 16.3. The minimum atomic E-state index is 0.139. The van der Waals surface area contributed by atoms with E-state index in [-0.39, 0.29) is 5.75 Å². The van der Waals surface area contributed by atoms with Crippen molar-refractivity contribution in [1.82, 2.24) is 19.9 Å². The summed E-state index contributed by atoms with van der Waals surface area (Å²) in [4.78, 5) is 18.0. The lowest BCUT2D eigenvalue weighted by atomic mass is 10.0. The van der Waals surface area contributed by atoms with E-state index in [4.69, 9.17) is 9.97 Å². The van der Waals surface area contributed by atoms with E-state index in [2.05, 4.69) is 101 Å². The van der Waals surface area contributed by atoms with Crippen LogP contribution in [0.25, 0.3) is 90.9 Å². The molecule has 2 aliphatic heterocycles. The number of nitrogens with one attached hydrogen (secondary N) is 2. The fraction of sp³-hybridized carbons (Fsp3) is 0. The monoisotopic (exact) mass is 630 g/mol. The van der Waals surface area contributed by atoms with Gasteiger partial charge in [-0.05, 0) is 58.7 Å². The molecule has 2 aliphatic rings. The molecule has 0 saturated carbocycles. The van der Waals surface area contributed by atoms with Crippen molar-refractivity contribution in [2.45, 2.75) is 0 Å². The van der Waals surface area contributed by atoms with Crippen LogP contribution < -0.4 is 0 Å². The third kappa shape index (κ3) is 5.05. The Hall–Kier alpha value is -6.72. The minimum Gasteiger partial charge on any atom is -0.506 e. The van der Waals surface area contributed by atoms with Crippen molar-refractivity contribution in [3.8, 4) is 50.3 Å². The Morgan fingerprint density at radius 3 is 1.12 bits per heavy atom. The number of hydrogen-bond donors (Lipinski definition) is 3. The van der Waals surface area contributed by atoms with Gasteiger partial charge >= 0.3 is 0 Å². The number of aromatic nitrogens is 4. The molecule has 0 unspecified atom stereocenters. The maximum atomic E-state index is 11.7. The van der Waals surface area contributed by atoms with Crippen molar-refractivity contribution in [2.24, 2.45) is 0 Å². The van der Waals surface area contributed by atoms with Crippen molar-refractivity contribution in [2.75, 3.05) is 0 Å². The second-order valence-corrected chi connectivity index (χ2v) is 12.1. The second-order valence-electron chi connectivity index (χ2n) is 12.1. The Kier molecular flexibility index (Phi) is 6.87. The highest BCUT2D eigenvalue weighted by atomic mass is 16.3. The second kappa shape index (κ2) is 11.8. The van der Waals surface area contributed by atoms with Gasteiger partial charge in [0.15, 0.2) is 0 Å². The molecular weight excluding hydrogens is 601 g/mol. The number of aromatic hydroxyl groups is 1. The van der Waals surface area contributed by atoms with E-state index in [1.807, 2.05) is 66.7 Å². The summed E-state index contributed by atoms with van der Waals surface area (Å²) >= 11 is 0. The van der Waals surface area contributed by atoms with Gasteiger partial charge in [0.1, 0.15) is 5.75 Å². The summed E-state index contributed by atoms with van der Waals surface area (Å²) in [7, 11) is 0. The highest BCUT2D eigenvalue weighted by Crippen LogP contribution is 2.40. The average molecular weight is 631 g/mol. The summed E-state index contributed by atoms with van der Waals surface area (Å²) < 4.78 is 0. The molecule has 0 radical (unpaired) electrons. The first kappa shape index (κ1) is 28.5. The third-order valence-corrected chi connectivity index (χ3v) is 9.10. The Morgan fingerprint density at radius 1 is 0.367 bits per heavy atom. The number of fused-ring (bicyclic) bond motifs is 8. The van der Waals surface area contributed by atoms with Crippen LogP contribution in [0.2, 0.25) is 0 Å². The van der Waals surface area contributed by atoms with E-state index in [0.29, 0.717) is 5.52 Å². The van der Waals surface area contributed by atoms with Gasteiger partial charge in [-0.25, -0.2) is 9.97 Å². The predicted molar refractivity (Wildman–Crippen MR) is 202 cm³/mol. The zero-order valence-corrected chi connectivity index (χ0v) is 26.4. The van der Waals surface area contributed by atoms with E-state index < -0.39 is 0 Å². The Morgan fingerprint density at radius 2 is 0.714 bits per heavy atom. The Labute approximate surface area is 283 Å². The maximum absolute atomic E-state index is 11.7. The van der Waals surface area contributed by atoms with E-state index in [1.54, 1.807) is 6.07 Å². The molecule has 8 bridgehead atoms. The van der Waals surface area contributed by atoms with Crippen molar-refractivity contribution in [3.63, 3.8) is 0 Å². The molecule has 3 N–H and O–H groups in total. The molecule has 0 aliphatic carbocycles. The maximum Gasteiger partial charge on any atom is 0.141 e. The number of nitrogens with zero attached hydrogens (tertiary/aromatic N) is 2. The minimum absolute atomic E-state index is 0.139. The summed E-state index contributed by atoms with van der Waals surface area (Å²) in [6.07, 6.45) is 8.25. The van der Waals surface area contributed by atoms with Crippen LogP contribution in [-0.2, 0) is 0 Å². The first-order chi connectivity index (χ1) is 24.2. The fourth-order valence-electron chi connectivity index (χ4n) is 6.90. The molecule has 0 amide bonds. The number of aromatic amines is 2. The van der Waals surface area contributed by atoms with Crippen molar-refractivity contribution in [3.05, 3.63) is 162 Å². The van der Waals surface area contributed by atoms with E-state index in [1.165, 1.54) is 0 Å². The van der Waals surface area contributed by atoms with E-state index >= 15 is 0 Å². The lowest BCUT2D eigenvalue weighted by Crippen LogP contribution is -1.89. The molecule has 49 heavy (non-hydrogen) atoms. The third-order valence-electron chi connectivity index (χ3n) is 9.10. The zero-order chi connectivity index (χ0) is 32.7. The van der Waals surface area contributed by atoms with Crippen LogP contribution in [-0.4, -0.2) is 25.0 Å². The smallest absolute Gasteiger partial charge is 0.141 e. The SMILES string of the molecule is Oc1cc2[nH]c1c(-c1ccccc1)c1nc(c(-c3ccccc3)c3ccc([nH]3)c(-c3ccccc3)c3nc(c2-c2ccccc2)C=C3)C=C1. The molecule has 232 valence electrons. The highest BCUT2D eigenvalue weighted by molar-refractivity contribution is 6.01. The molecule has 0 atom stereocenters. The van der Waals surface area contributed by atoms with Crippen molar-refractivity contribution >= 4 is 46.4 Å². The quantitative estimate of drug-likeness (QED) is 0.181. The standard InChI is InChI=1S/C44H30N4O/c49-39-27-38-42(30-17-9-3-10-18-30)36-24-23-34(46-36)40(28-13-5-1-6-14-28)32-21-22-33(45-32)41(29-15-7-2-8-16-29)35-25-26-37(47-35)43(44(39)48-38)31-19-11-4-12-20-31/h1-27,45,48-49H. The van der Waals surface area contributed by atoms with Gasteiger partial charge in [0.25, 0.3) is 0 Å². The van der Waals surface area contributed by atoms with Crippen LogP contribution >= 0.6 is 0 Å². The largest absolute Gasteiger partial charge is 0.506 e. The van der Waals surface area contributed by atoms with Crippen LogP contribution in [0.15, 0.2) is 140 Å². The summed E-state index contributed by atoms with van der Waals surface area (Å²) in [6.45, 7) is 0. The normalized spacial score (nSPS) is 12.0. The van der Waals surface area contributed by atoms with Crippen molar-refractivity contribution < 1.29 is 5.11 Å². The number of H-pyrrole nitrogens is 2. The molecule has 0 fully saturated rings. The van der Waals surface area contributed by atoms with Gasteiger partial charge in [-0.3, -0.25) is 0 Å². The molecule has 4 aromatic carbocycles. The molecule has 9 rings (SSSR count). The van der Waals surface area contributed by atoms with Gasteiger partial charge in [0.05, 0.1) is 33.8 Å². The van der Waals surface area contributed by atoms with Gasteiger partial charge in [-0.2, -0.15) is 0 Å². The number of benzene rings is 4. The van der Waals surface area contributed by atoms with Crippen LogP contribution in [0.4, 0.5) is 0 Å². The van der Waals surface area contributed by atoms with Gasteiger partial charge in [0.2, 0.25) is 0 Å². The first-order valence-corrected chi connectivity index (χ1v) is 16.3. The number of rotatable bonds is 4. The molecule has 7 aromatic rings. The van der Waals surface area contributed by atoms with Crippen molar-refractivity contribution in [1.29, 1.82) is 0 Å². The van der Waals surface area contributed by atoms with Crippen LogP contribution in [0.1, 0.15) is 22.8 Å². The number of hydrogen-bond acceptors (Lipinski definition) is 3. The molecule has 0 saturated heterocycles. The summed E-state index contributed by atoms with van der Waals surface area (Å²) in [5, 5.41) is 11.7. The van der Waals surface area contributed by atoms with Gasteiger partial charge < -0.3 is 15.1 Å². The molecule has 0 spiro atoms. The lowest BCUT2D eigenvalue weighted by Gasteiger charge is -2.07. The average Bonchev–Trinajstić information content (AvgIpc) is 3.98. The van der Waals surface area contributed by atoms with Gasteiger partial charge in [-0.1, -0.05) is 121 Å². The molecular formula is C44H30N4O. The van der Waals surface area contributed by atoms with Gasteiger partial charge in [-0.15, -0.1) is 0 Å². The fourth-order valence-corrected chi connectivity index (χ4v) is 6.90. The lowest BCUT2D eigenvalue weighted by molar-refractivity contribution is 0.482. The van der Waals surface area contributed by atoms with E-state index in [0.717, 1.165) is 83.8 Å². The zero-order valence-electron chi connectivity index (χ0n) is 26.4. The Balaban J connectivity index is 1.51. The summed E-state index contributed by atoms with van der Waals surface area (Å²) in [5.41, 5.74) is 14.2. The molecule has 5 heteroatoms. The van der Waals surface area contributed by atoms with E-state index in [9.17, 15) is 5.11 Å². The van der Waals surface area contributed by atoms with Gasteiger partial charge in [0, 0.05) is 39.4 Å². The van der Waals surface area contributed by atoms with Crippen LogP contribution in [0, 0.1) is 0 Å².